The molecule has 3 atom stereocenters. The van der Waals surface area contributed by atoms with Crippen molar-refractivity contribution in [2.24, 2.45) is 17.2 Å². The van der Waals surface area contributed by atoms with Crippen molar-refractivity contribution in [3.8, 4) is 5.75 Å². The Morgan fingerprint density at radius 2 is 1.41 bits per heavy atom. The summed E-state index contributed by atoms with van der Waals surface area (Å²) < 4.78 is 1.68. The minimum atomic E-state index is -1.22. The predicted molar refractivity (Wildman–Crippen MR) is 101 cm³/mol. The number of pyridine rings is 1. The van der Waals surface area contributed by atoms with Crippen LogP contribution in [0.4, 0.5) is 0 Å². The van der Waals surface area contributed by atoms with Crippen LogP contribution in [0.2, 0.25) is 0 Å². The number of carbonyl (C=O) groups is 3. The zero-order valence-electron chi connectivity index (χ0n) is 16.0. The zero-order chi connectivity index (χ0) is 22.1. The van der Waals surface area contributed by atoms with Crippen LogP contribution in [0.1, 0.15) is 36.8 Å². The third kappa shape index (κ3) is 8.02. The van der Waals surface area contributed by atoms with Crippen molar-refractivity contribution in [1.82, 2.24) is 0 Å². The average Bonchev–Trinajstić information content (AvgIpc) is 2.64. The monoisotopic (exact) mass is 413 g/mol. The van der Waals surface area contributed by atoms with Gasteiger partial charge in [-0.3, -0.25) is 14.4 Å². The highest BCUT2D eigenvalue weighted by molar-refractivity contribution is 5.74. The van der Waals surface area contributed by atoms with E-state index in [4.69, 9.17) is 32.5 Å². The Morgan fingerprint density at radius 1 is 0.862 bits per heavy atom. The van der Waals surface area contributed by atoms with Crippen molar-refractivity contribution in [3.63, 3.8) is 0 Å². The molecule has 0 amide bonds. The summed E-state index contributed by atoms with van der Waals surface area (Å²) in [5, 5.41) is 37.2. The standard InChI is InChI=1S/C18H28N4O7/c19-12(16(24)25)3-1-2-6-22-8-10(4-5-13(20)17(26)27)11(15(23)9-22)7-14(21)18(28)29/h8-9,12-14H,1-7,19-21H2,(H3-,23,24,25,26,27,28,29)/p+1/t12-,13-,14+/m1/s1. The van der Waals surface area contributed by atoms with Crippen LogP contribution in [-0.2, 0) is 33.8 Å². The topological polar surface area (TPSA) is 214 Å². The Kier molecular flexibility index (Phi) is 9.45. The summed E-state index contributed by atoms with van der Waals surface area (Å²) in [6.45, 7) is 0.461. The second-order valence-electron chi connectivity index (χ2n) is 6.96. The summed E-state index contributed by atoms with van der Waals surface area (Å²) in [5.74, 6) is -3.59. The second kappa shape index (κ2) is 11.3. The fourth-order valence-corrected chi connectivity index (χ4v) is 2.82. The van der Waals surface area contributed by atoms with E-state index in [0.717, 1.165) is 0 Å². The van der Waals surface area contributed by atoms with Crippen LogP contribution in [0.3, 0.4) is 0 Å². The molecule has 0 radical (unpaired) electrons. The molecule has 0 aliphatic carbocycles. The number of aromatic nitrogens is 1. The van der Waals surface area contributed by atoms with Crippen molar-refractivity contribution in [3.05, 3.63) is 23.5 Å². The van der Waals surface area contributed by atoms with Crippen molar-refractivity contribution < 1.29 is 39.4 Å². The van der Waals surface area contributed by atoms with Crippen LogP contribution in [-0.4, -0.2) is 56.5 Å². The maximum absolute atomic E-state index is 11.1. The van der Waals surface area contributed by atoms with Gasteiger partial charge in [-0.2, -0.15) is 0 Å². The number of hydrogen-bond donors (Lipinski definition) is 7. The molecule has 1 aromatic rings. The first-order chi connectivity index (χ1) is 13.5. The van der Waals surface area contributed by atoms with Crippen molar-refractivity contribution in [2.75, 3.05) is 0 Å². The number of carboxylic acids is 3. The SMILES string of the molecule is N[C@H](CCCC[n+]1cc(O)c(C[C@H](N)C(=O)O)c(CC[C@@H](N)C(=O)O)c1)C(=O)O. The lowest BCUT2D eigenvalue weighted by molar-refractivity contribution is -0.698. The largest absolute Gasteiger partial charge is 0.503 e. The first-order valence-corrected chi connectivity index (χ1v) is 9.21. The molecule has 10 N–H and O–H groups in total. The van der Waals surface area contributed by atoms with E-state index in [2.05, 4.69) is 0 Å². The highest BCUT2D eigenvalue weighted by atomic mass is 16.4. The molecule has 1 rings (SSSR count). The van der Waals surface area contributed by atoms with Gasteiger partial charge in [0.2, 0.25) is 6.20 Å². The molecule has 11 nitrogen and oxygen atoms in total. The molecule has 0 spiro atoms. The molecule has 0 unspecified atom stereocenters. The van der Waals surface area contributed by atoms with Gasteiger partial charge in [0.15, 0.2) is 11.9 Å². The molecule has 29 heavy (non-hydrogen) atoms. The Morgan fingerprint density at radius 3 is 1.97 bits per heavy atom. The summed E-state index contributed by atoms with van der Waals surface area (Å²) in [6.07, 6.45) is 4.80. The van der Waals surface area contributed by atoms with Gasteiger partial charge in [0.25, 0.3) is 0 Å². The molecular formula is C18H29N4O7+. The smallest absolute Gasteiger partial charge is 0.320 e. The predicted octanol–water partition coefficient (Wildman–Crippen LogP) is -1.44. The van der Waals surface area contributed by atoms with Gasteiger partial charge in [-0.15, -0.1) is 0 Å². The summed E-state index contributed by atoms with van der Waals surface area (Å²) in [7, 11) is 0. The van der Waals surface area contributed by atoms with Gasteiger partial charge in [0.05, 0.1) is 0 Å². The minimum Gasteiger partial charge on any atom is -0.503 e. The average molecular weight is 413 g/mol. The van der Waals surface area contributed by atoms with Crippen LogP contribution in [0.15, 0.2) is 12.4 Å². The first kappa shape index (κ1) is 24.3. The van der Waals surface area contributed by atoms with Crippen molar-refractivity contribution in [1.29, 1.82) is 0 Å². The number of nitrogens with two attached hydrogens (primary N) is 3. The van der Waals surface area contributed by atoms with E-state index in [1.54, 1.807) is 10.8 Å². The molecule has 162 valence electrons. The maximum Gasteiger partial charge on any atom is 0.320 e. The summed E-state index contributed by atoms with van der Waals surface area (Å²) >= 11 is 0. The third-order valence-electron chi connectivity index (χ3n) is 4.59. The van der Waals surface area contributed by atoms with Crippen LogP contribution < -0.4 is 21.8 Å². The van der Waals surface area contributed by atoms with Gasteiger partial charge in [-0.25, -0.2) is 4.57 Å². The number of unbranched alkanes of at least 4 members (excludes halogenated alkanes) is 1. The van der Waals surface area contributed by atoms with Crippen molar-refractivity contribution >= 4 is 17.9 Å². The lowest BCUT2D eigenvalue weighted by Crippen LogP contribution is -2.37. The summed E-state index contributed by atoms with van der Waals surface area (Å²) in [5.41, 5.74) is 17.5. The lowest BCUT2D eigenvalue weighted by atomic mass is 9.96. The molecule has 0 fully saturated rings. The molecule has 0 aliphatic rings. The first-order valence-electron chi connectivity index (χ1n) is 9.21. The molecule has 0 aromatic carbocycles. The number of aliphatic carboxylic acids is 3. The van der Waals surface area contributed by atoms with Crippen LogP contribution in [0, 0.1) is 0 Å². The maximum atomic E-state index is 11.1. The van der Waals surface area contributed by atoms with Gasteiger partial charge in [-0.1, -0.05) is 0 Å². The zero-order valence-corrected chi connectivity index (χ0v) is 16.0. The number of hydrogen-bond acceptors (Lipinski definition) is 7. The Labute approximate surface area is 167 Å². The number of carboxylic acid groups (broad SMARTS) is 3. The number of aromatic hydroxyl groups is 1. The summed E-state index contributed by atoms with van der Waals surface area (Å²) in [4.78, 5) is 32.8. The molecular weight excluding hydrogens is 384 g/mol. The van der Waals surface area contributed by atoms with E-state index < -0.39 is 36.0 Å². The van der Waals surface area contributed by atoms with E-state index >= 15 is 0 Å². The Hall–Kier alpha value is -2.76. The van der Waals surface area contributed by atoms with Crippen molar-refractivity contribution in [2.45, 2.75) is 63.2 Å². The molecule has 11 heteroatoms. The van der Waals surface area contributed by atoms with Crippen LogP contribution in [0.5, 0.6) is 5.75 Å². The normalized spacial score (nSPS) is 14.2. The van der Waals surface area contributed by atoms with E-state index in [1.165, 1.54) is 6.20 Å². The fraction of sp³-hybridized carbons (Fsp3) is 0.556. The van der Waals surface area contributed by atoms with Gasteiger partial charge in [0.1, 0.15) is 24.7 Å². The van der Waals surface area contributed by atoms with Gasteiger partial charge < -0.3 is 37.6 Å². The molecule has 0 bridgehead atoms. The highest BCUT2D eigenvalue weighted by Crippen LogP contribution is 2.22. The van der Waals surface area contributed by atoms with Gasteiger partial charge >= 0.3 is 17.9 Å². The Bertz CT molecular complexity index is 741. The van der Waals surface area contributed by atoms with E-state index in [1.807, 2.05) is 0 Å². The van der Waals surface area contributed by atoms with Gasteiger partial charge in [-0.05, 0) is 25.7 Å². The highest BCUT2D eigenvalue weighted by Gasteiger charge is 2.23. The number of rotatable bonds is 13. The lowest BCUT2D eigenvalue weighted by Gasteiger charge is -2.14. The molecule has 1 aromatic heterocycles. The minimum absolute atomic E-state index is 0.0988. The number of aryl methyl sites for hydroxylation is 2. The van der Waals surface area contributed by atoms with Crippen LogP contribution in [0.25, 0.3) is 0 Å². The van der Waals surface area contributed by atoms with E-state index in [9.17, 15) is 19.5 Å². The molecule has 0 saturated carbocycles. The number of nitrogens with zero attached hydrogens (tertiary/aromatic N) is 1. The summed E-state index contributed by atoms with van der Waals surface area (Å²) in [6, 6.07) is -3.24. The molecule has 1 heterocycles. The fourth-order valence-electron chi connectivity index (χ4n) is 2.82. The molecule has 0 aliphatic heterocycles. The molecule has 0 saturated heterocycles. The van der Waals surface area contributed by atoms with E-state index in [-0.39, 0.29) is 25.0 Å². The second-order valence-corrected chi connectivity index (χ2v) is 6.96. The van der Waals surface area contributed by atoms with Crippen LogP contribution >= 0.6 is 0 Å². The third-order valence-corrected chi connectivity index (χ3v) is 4.59. The Balaban J connectivity index is 2.94. The quantitative estimate of drug-likeness (QED) is 0.148. The van der Waals surface area contributed by atoms with E-state index in [0.29, 0.717) is 36.9 Å². The van der Waals surface area contributed by atoms with Gasteiger partial charge in [0, 0.05) is 24.0 Å².